The van der Waals surface area contributed by atoms with Crippen LogP contribution < -0.4 is 4.74 Å². The SMILES string of the molecule is O=C(O)c1cccc(-n2c(-c3cc(Cl)ccc3OCc3ccc(F)cc3)ccc2C(F)(F)F)c1. The van der Waals surface area contributed by atoms with E-state index >= 15 is 0 Å². The van der Waals surface area contributed by atoms with Crippen molar-refractivity contribution in [1.29, 1.82) is 0 Å². The number of carbonyl (C=O) groups is 1. The van der Waals surface area contributed by atoms with Gasteiger partial charge in [-0.25, -0.2) is 9.18 Å². The standard InChI is InChI=1S/C25H16ClF4NO3/c26-17-6-10-22(34-14-15-4-7-18(27)8-5-15)20(13-17)21-9-11-23(25(28,29)30)31(21)19-3-1-2-16(12-19)24(32)33/h1-13H,14H2,(H,32,33). The van der Waals surface area contributed by atoms with E-state index in [1.165, 1.54) is 66.7 Å². The van der Waals surface area contributed by atoms with Crippen molar-refractivity contribution in [3.05, 3.63) is 107 Å². The molecule has 0 radical (unpaired) electrons. The molecule has 9 heteroatoms. The molecule has 4 rings (SSSR count). The van der Waals surface area contributed by atoms with Gasteiger partial charge >= 0.3 is 12.1 Å². The molecule has 0 fully saturated rings. The van der Waals surface area contributed by atoms with Gasteiger partial charge in [-0.1, -0.05) is 29.8 Å². The maximum absolute atomic E-state index is 13.9. The zero-order valence-corrected chi connectivity index (χ0v) is 18.1. The average Bonchev–Trinajstić information content (AvgIpc) is 3.25. The Bertz CT molecular complexity index is 1350. The molecule has 0 aliphatic heterocycles. The molecule has 0 aliphatic carbocycles. The molecule has 174 valence electrons. The molecular weight excluding hydrogens is 474 g/mol. The summed E-state index contributed by atoms with van der Waals surface area (Å²) in [5.41, 5.74) is -0.115. The summed E-state index contributed by atoms with van der Waals surface area (Å²) in [6.45, 7) is 0.0379. The molecule has 4 nitrogen and oxygen atoms in total. The van der Waals surface area contributed by atoms with Crippen LogP contribution in [0.5, 0.6) is 5.75 Å². The molecule has 0 saturated heterocycles. The summed E-state index contributed by atoms with van der Waals surface area (Å²) in [4.78, 5) is 11.4. The van der Waals surface area contributed by atoms with E-state index in [1.807, 2.05) is 0 Å². The lowest BCUT2D eigenvalue weighted by Gasteiger charge is -2.18. The molecule has 3 aromatic carbocycles. The Labute approximate surface area is 196 Å². The van der Waals surface area contributed by atoms with Crippen LogP contribution in [-0.4, -0.2) is 15.6 Å². The van der Waals surface area contributed by atoms with E-state index in [0.717, 1.165) is 16.7 Å². The van der Waals surface area contributed by atoms with Crippen LogP contribution in [0.25, 0.3) is 16.9 Å². The zero-order chi connectivity index (χ0) is 24.5. The third-order valence-corrected chi connectivity index (χ3v) is 5.28. The minimum Gasteiger partial charge on any atom is -0.488 e. The Hall–Kier alpha value is -3.78. The van der Waals surface area contributed by atoms with Crippen molar-refractivity contribution in [3.63, 3.8) is 0 Å². The second-order valence-corrected chi connectivity index (χ2v) is 7.78. The van der Waals surface area contributed by atoms with Gasteiger partial charge in [-0.3, -0.25) is 0 Å². The maximum Gasteiger partial charge on any atom is 0.431 e. The largest absolute Gasteiger partial charge is 0.488 e. The van der Waals surface area contributed by atoms with Gasteiger partial charge < -0.3 is 14.4 Å². The highest BCUT2D eigenvalue weighted by Gasteiger charge is 2.36. The first-order valence-electron chi connectivity index (χ1n) is 9.93. The third kappa shape index (κ3) is 4.92. The molecular formula is C25H16ClF4NO3. The van der Waals surface area contributed by atoms with E-state index in [-0.39, 0.29) is 39.9 Å². The minimum absolute atomic E-state index is 0.0108. The molecule has 0 saturated carbocycles. The van der Waals surface area contributed by atoms with E-state index < -0.39 is 23.7 Å². The number of hydrogen-bond acceptors (Lipinski definition) is 2. The number of carboxylic acid groups (broad SMARTS) is 1. The van der Waals surface area contributed by atoms with Gasteiger partial charge in [0, 0.05) is 16.3 Å². The van der Waals surface area contributed by atoms with Gasteiger partial charge in [0.2, 0.25) is 0 Å². The smallest absolute Gasteiger partial charge is 0.431 e. The fourth-order valence-electron chi connectivity index (χ4n) is 3.49. The number of rotatable bonds is 6. The Morgan fingerprint density at radius 1 is 0.971 bits per heavy atom. The lowest BCUT2D eigenvalue weighted by Crippen LogP contribution is -2.13. The van der Waals surface area contributed by atoms with Gasteiger partial charge in [0.05, 0.1) is 11.3 Å². The van der Waals surface area contributed by atoms with Gasteiger partial charge in [-0.05, 0) is 66.2 Å². The number of nitrogens with zero attached hydrogens (tertiary/aromatic N) is 1. The maximum atomic E-state index is 13.9. The molecule has 0 atom stereocenters. The first-order valence-corrected chi connectivity index (χ1v) is 10.3. The fourth-order valence-corrected chi connectivity index (χ4v) is 3.67. The van der Waals surface area contributed by atoms with Gasteiger partial charge in [0.25, 0.3) is 0 Å². The van der Waals surface area contributed by atoms with Crippen molar-refractivity contribution in [2.24, 2.45) is 0 Å². The summed E-state index contributed by atoms with van der Waals surface area (Å²) in [5.74, 6) is -1.43. The molecule has 4 aromatic rings. The molecule has 0 amide bonds. The first kappa shape index (κ1) is 23.4. The third-order valence-electron chi connectivity index (χ3n) is 5.05. The topological polar surface area (TPSA) is 51.5 Å². The van der Waals surface area contributed by atoms with Crippen molar-refractivity contribution >= 4 is 17.6 Å². The second kappa shape index (κ2) is 9.23. The van der Waals surface area contributed by atoms with Gasteiger partial charge in [0.1, 0.15) is 23.9 Å². The highest BCUT2D eigenvalue weighted by Crippen LogP contribution is 2.40. The summed E-state index contributed by atoms with van der Waals surface area (Å²) in [6, 6.07) is 17.5. The summed E-state index contributed by atoms with van der Waals surface area (Å²) >= 11 is 6.16. The number of hydrogen-bond donors (Lipinski definition) is 1. The number of benzene rings is 3. The average molecular weight is 490 g/mol. The quantitative estimate of drug-likeness (QED) is 0.291. The van der Waals surface area contributed by atoms with Crippen molar-refractivity contribution in [2.75, 3.05) is 0 Å². The van der Waals surface area contributed by atoms with Crippen molar-refractivity contribution < 1.29 is 32.2 Å². The van der Waals surface area contributed by atoms with Gasteiger partial charge in [-0.2, -0.15) is 13.2 Å². The van der Waals surface area contributed by atoms with Crippen LogP contribution in [0.15, 0.2) is 78.9 Å². The van der Waals surface area contributed by atoms with Gasteiger partial charge in [0.15, 0.2) is 0 Å². The van der Waals surface area contributed by atoms with Crippen molar-refractivity contribution in [1.82, 2.24) is 4.57 Å². The number of carboxylic acids is 1. The molecule has 0 unspecified atom stereocenters. The van der Waals surface area contributed by atoms with Gasteiger partial charge in [-0.15, -0.1) is 0 Å². The van der Waals surface area contributed by atoms with Crippen LogP contribution in [0.3, 0.4) is 0 Å². The van der Waals surface area contributed by atoms with E-state index in [0.29, 0.717) is 5.56 Å². The number of alkyl halides is 3. The van der Waals surface area contributed by atoms with E-state index in [1.54, 1.807) is 0 Å². The van der Waals surface area contributed by atoms with Crippen LogP contribution in [0.1, 0.15) is 21.6 Å². The van der Waals surface area contributed by atoms with E-state index in [9.17, 15) is 27.5 Å². The Morgan fingerprint density at radius 3 is 2.38 bits per heavy atom. The molecule has 34 heavy (non-hydrogen) atoms. The monoisotopic (exact) mass is 489 g/mol. The van der Waals surface area contributed by atoms with Crippen LogP contribution in [0.2, 0.25) is 5.02 Å². The van der Waals surface area contributed by atoms with Crippen molar-refractivity contribution in [2.45, 2.75) is 12.8 Å². The zero-order valence-electron chi connectivity index (χ0n) is 17.3. The molecule has 0 spiro atoms. The lowest BCUT2D eigenvalue weighted by molar-refractivity contribution is -0.142. The van der Waals surface area contributed by atoms with Crippen molar-refractivity contribution in [3.8, 4) is 22.7 Å². The predicted octanol–water partition coefficient (Wildman–Crippen LogP) is 7.23. The predicted molar refractivity (Wildman–Crippen MR) is 119 cm³/mol. The number of halogens is 5. The molecule has 0 aliphatic rings. The normalized spacial score (nSPS) is 11.4. The fraction of sp³-hybridized carbons (Fsp3) is 0.0800. The van der Waals surface area contributed by atoms with E-state index in [4.69, 9.17) is 16.3 Å². The van der Waals surface area contributed by atoms with Crippen LogP contribution in [-0.2, 0) is 12.8 Å². The Morgan fingerprint density at radius 2 is 1.71 bits per heavy atom. The Balaban J connectivity index is 1.84. The Kier molecular flexibility index (Phi) is 6.34. The summed E-state index contributed by atoms with van der Waals surface area (Å²) in [6.07, 6.45) is -4.72. The number of aromatic nitrogens is 1. The molecule has 0 bridgehead atoms. The second-order valence-electron chi connectivity index (χ2n) is 7.35. The molecule has 1 aromatic heterocycles. The van der Waals surface area contributed by atoms with E-state index in [2.05, 4.69) is 0 Å². The van der Waals surface area contributed by atoms with Crippen LogP contribution >= 0.6 is 11.6 Å². The summed E-state index contributed by atoms with van der Waals surface area (Å²) in [7, 11) is 0. The highest BCUT2D eigenvalue weighted by molar-refractivity contribution is 6.31. The molecule has 1 N–H and O–H groups in total. The highest BCUT2D eigenvalue weighted by atomic mass is 35.5. The number of ether oxygens (including phenoxy) is 1. The van der Waals surface area contributed by atoms with Crippen LogP contribution in [0.4, 0.5) is 17.6 Å². The summed E-state index contributed by atoms with van der Waals surface area (Å²) < 4.78 is 61.6. The summed E-state index contributed by atoms with van der Waals surface area (Å²) in [5, 5.41) is 9.57. The first-order chi connectivity index (χ1) is 16.1. The number of aromatic carboxylic acids is 1. The van der Waals surface area contributed by atoms with Crippen LogP contribution in [0, 0.1) is 5.82 Å². The molecule has 1 heterocycles. The minimum atomic E-state index is -4.72. The lowest BCUT2D eigenvalue weighted by atomic mass is 10.1.